The predicted octanol–water partition coefficient (Wildman–Crippen LogP) is -4.20. The quantitative estimate of drug-likeness (QED) is 0.527. The molecule has 0 amide bonds. The third kappa shape index (κ3) is 9.15. The molecule has 1 heterocycles. The number of nitrogens with zero attached hydrogens (tertiary/aromatic N) is 1. The summed E-state index contributed by atoms with van der Waals surface area (Å²) in [7, 11) is 4.22. The average molecular weight is 269 g/mol. The minimum atomic E-state index is 0. The maximum absolute atomic E-state index is 3.43. The van der Waals surface area contributed by atoms with Crippen LogP contribution in [0.2, 0.25) is 0 Å². The summed E-state index contributed by atoms with van der Waals surface area (Å²) in [5.41, 5.74) is 0. The molecule has 90 valence electrons. The fourth-order valence-corrected chi connectivity index (χ4v) is 1.82. The molecule has 15 heavy (non-hydrogen) atoms. The van der Waals surface area contributed by atoms with Crippen LogP contribution in [0.4, 0.5) is 0 Å². The molecule has 0 unspecified atom stereocenters. The summed E-state index contributed by atoms with van der Waals surface area (Å²) < 4.78 is 0. The van der Waals surface area contributed by atoms with Crippen LogP contribution in [0.15, 0.2) is 17.5 Å². The van der Waals surface area contributed by atoms with E-state index >= 15 is 0 Å². The Labute approximate surface area is 109 Å². The lowest BCUT2D eigenvalue weighted by Crippen LogP contribution is -3.00. The van der Waals surface area contributed by atoms with Crippen LogP contribution in [0.25, 0.3) is 0 Å². The molecular weight excluding hydrogens is 251 g/mol. The lowest BCUT2D eigenvalue weighted by molar-refractivity contribution is -0.001000. The summed E-state index contributed by atoms with van der Waals surface area (Å²) in [6.45, 7) is 3.29. The van der Waals surface area contributed by atoms with Crippen LogP contribution in [0.3, 0.4) is 0 Å². The largest absolute Gasteiger partial charge is 1.00 e. The Morgan fingerprint density at radius 1 is 1.33 bits per heavy atom. The lowest BCUT2D eigenvalue weighted by Gasteiger charge is -2.09. The molecule has 1 rings (SSSR count). The predicted molar refractivity (Wildman–Crippen MR) is 59.2 cm³/mol. The second kappa shape index (κ2) is 10.7. The molecule has 1 aromatic heterocycles. The monoisotopic (exact) mass is 268 g/mol. The second-order valence-electron chi connectivity index (χ2n) is 3.41. The van der Waals surface area contributed by atoms with Gasteiger partial charge in [-0.25, -0.2) is 0 Å². The highest BCUT2D eigenvalue weighted by molar-refractivity contribution is 7.09. The van der Waals surface area contributed by atoms with E-state index < -0.39 is 0 Å². The van der Waals surface area contributed by atoms with Gasteiger partial charge < -0.3 is 35.0 Å². The summed E-state index contributed by atoms with van der Waals surface area (Å²) >= 11 is 1.81. The SMILES string of the molecule is CN(C)CCCNCc1cccs1.[Cl-].[Cl-]. The maximum Gasteiger partial charge on any atom is 0.0299 e. The fraction of sp³-hybridized carbons (Fsp3) is 0.600. The van der Waals surface area contributed by atoms with Gasteiger partial charge in [0, 0.05) is 11.4 Å². The highest BCUT2D eigenvalue weighted by Crippen LogP contribution is 2.06. The third-order valence-electron chi connectivity index (χ3n) is 1.84. The first-order valence-electron chi connectivity index (χ1n) is 4.67. The maximum atomic E-state index is 3.43. The van der Waals surface area contributed by atoms with Crippen LogP contribution < -0.4 is 30.1 Å². The van der Waals surface area contributed by atoms with Gasteiger partial charge in [0.1, 0.15) is 0 Å². The Bertz CT molecular complexity index is 215. The highest BCUT2D eigenvalue weighted by atomic mass is 35.5. The second-order valence-corrected chi connectivity index (χ2v) is 4.45. The molecule has 0 spiro atoms. The fourth-order valence-electron chi connectivity index (χ4n) is 1.15. The Morgan fingerprint density at radius 3 is 2.60 bits per heavy atom. The van der Waals surface area contributed by atoms with Gasteiger partial charge in [-0.05, 0) is 45.1 Å². The first-order chi connectivity index (χ1) is 6.29. The molecule has 0 atom stereocenters. The van der Waals surface area contributed by atoms with Crippen molar-refractivity contribution in [3.05, 3.63) is 22.4 Å². The number of halogens is 2. The standard InChI is InChI=1S/C10H18N2S.2ClH/c1-12(2)7-4-6-11-9-10-5-3-8-13-10;;/h3,5,8,11H,4,6-7,9H2,1-2H3;2*1H/p-2. The molecule has 0 aliphatic carbocycles. The van der Waals surface area contributed by atoms with Crippen molar-refractivity contribution in [3.63, 3.8) is 0 Å². The van der Waals surface area contributed by atoms with Crippen molar-refractivity contribution in [2.45, 2.75) is 13.0 Å². The first-order valence-corrected chi connectivity index (χ1v) is 5.55. The number of nitrogens with one attached hydrogen (secondary N) is 1. The van der Waals surface area contributed by atoms with E-state index in [2.05, 4.69) is 41.8 Å². The van der Waals surface area contributed by atoms with Gasteiger partial charge in [-0.2, -0.15) is 0 Å². The molecule has 0 radical (unpaired) electrons. The van der Waals surface area contributed by atoms with Crippen LogP contribution in [0, 0.1) is 0 Å². The summed E-state index contributed by atoms with van der Waals surface area (Å²) in [6.07, 6.45) is 1.22. The molecule has 0 aromatic carbocycles. The first kappa shape index (κ1) is 17.6. The number of thiophene rings is 1. The van der Waals surface area contributed by atoms with Crippen molar-refractivity contribution in [1.82, 2.24) is 10.2 Å². The van der Waals surface area contributed by atoms with Gasteiger partial charge in [0.15, 0.2) is 0 Å². The van der Waals surface area contributed by atoms with Gasteiger partial charge >= 0.3 is 0 Å². The Kier molecular flexibility index (Phi) is 12.6. The minimum Gasteiger partial charge on any atom is -1.00 e. The zero-order chi connectivity index (χ0) is 9.52. The van der Waals surface area contributed by atoms with Crippen LogP contribution in [-0.2, 0) is 6.54 Å². The van der Waals surface area contributed by atoms with Crippen molar-refractivity contribution >= 4 is 11.3 Å². The van der Waals surface area contributed by atoms with E-state index in [4.69, 9.17) is 0 Å². The zero-order valence-corrected chi connectivity index (χ0v) is 11.5. The van der Waals surface area contributed by atoms with E-state index in [-0.39, 0.29) is 24.8 Å². The van der Waals surface area contributed by atoms with Gasteiger partial charge in [0.2, 0.25) is 0 Å². The summed E-state index contributed by atoms with van der Waals surface area (Å²) in [5, 5.41) is 5.55. The molecular formula is C10H18Cl2N2S-2. The van der Waals surface area contributed by atoms with Crippen molar-refractivity contribution in [2.75, 3.05) is 27.2 Å². The van der Waals surface area contributed by atoms with Crippen molar-refractivity contribution in [2.24, 2.45) is 0 Å². The third-order valence-corrected chi connectivity index (χ3v) is 2.71. The molecule has 1 N–H and O–H groups in total. The molecule has 1 aromatic rings. The normalized spacial score (nSPS) is 9.53. The molecule has 0 bridgehead atoms. The minimum absolute atomic E-state index is 0. The molecule has 0 aliphatic rings. The van der Waals surface area contributed by atoms with E-state index in [9.17, 15) is 0 Å². The molecule has 5 heteroatoms. The van der Waals surface area contributed by atoms with E-state index in [1.165, 1.54) is 11.3 Å². The van der Waals surface area contributed by atoms with E-state index in [1.807, 2.05) is 11.3 Å². The van der Waals surface area contributed by atoms with Crippen molar-refractivity contribution in [3.8, 4) is 0 Å². The zero-order valence-electron chi connectivity index (χ0n) is 9.17. The molecule has 0 saturated carbocycles. The highest BCUT2D eigenvalue weighted by Gasteiger charge is 1.93. The van der Waals surface area contributed by atoms with E-state index in [0.717, 1.165) is 19.6 Å². The summed E-state index contributed by atoms with van der Waals surface area (Å²) in [5.74, 6) is 0. The van der Waals surface area contributed by atoms with Crippen LogP contribution in [0.1, 0.15) is 11.3 Å². The van der Waals surface area contributed by atoms with Crippen LogP contribution in [-0.4, -0.2) is 32.1 Å². The molecule has 2 nitrogen and oxygen atoms in total. The van der Waals surface area contributed by atoms with E-state index in [1.54, 1.807) is 0 Å². The Hall–Kier alpha value is 0.200. The van der Waals surface area contributed by atoms with Crippen molar-refractivity contribution in [1.29, 1.82) is 0 Å². The van der Waals surface area contributed by atoms with Crippen LogP contribution >= 0.6 is 11.3 Å². The molecule has 0 aliphatic heterocycles. The molecule has 0 saturated heterocycles. The van der Waals surface area contributed by atoms with Crippen LogP contribution in [0.5, 0.6) is 0 Å². The Morgan fingerprint density at radius 2 is 2.07 bits per heavy atom. The van der Waals surface area contributed by atoms with Crippen molar-refractivity contribution < 1.29 is 24.8 Å². The van der Waals surface area contributed by atoms with Gasteiger partial charge in [0.05, 0.1) is 0 Å². The topological polar surface area (TPSA) is 15.3 Å². The van der Waals surface area contributed by atoms with Gasteiger partial charge in [-0.3, -0.25) is 0 Å². The van der Waals surface area contributed by atoms with Gasteiger partial charge in [0.25, 0.3) is 0 Å². The number of hydrogen-bond acceptors (Lipinski definition) is 3. The number of hydrogen-bond donors (Lipinski definition) is 1. The summed E-state index contributed by atoms with van der Waals surface area (Å²) in [6, 6.07) is 4.27. The Balaban J connectivity index is 0. The molecule has 0 fully saturated rings. The number of rotatable bonds is 6. The van der Waals surface area contributed by atoms with E-state index in [0.29, 0.717) is 0 Å². The smallest absolute Gasteiger partial charge is 0.0299 e. The van der Waals surface area contributed by atoms with Gasteiger partial charge in [-0.1, -0.05) is 6.07 Å². The summed E-state index contributed by atoms with van der Waals surface area (Å²) in [4.78, 5) is 3.64. The van der Waals surface area contributed by atoms with Gasteiger partial charge in [-0.15, -0.1) is 11.3 Å². The lowest BCUT2D eigenvalue weighted by atomic mass is 10.4. The average Bonchev–Trinajstić information content (AvgIpc) is 2.55.